The van der Waals surface area contributed by atoms with Crippen molar-refractivity contribution in [2.75, 3.05) is 0 Å². The third-order valence-electron chi connectivity index (χ3n) is 3.20. The first-order valence-electron chi connectivity index (χ1n) is 7.11. The number of amides is 1. The molecule has 2 rings (SSSR count). The number of esters is 1. The van der Waals surface area contributed by atoms with Gasteiger partial charge in [-0.2, -0.15) is 5.26 Å². The number of benzene rings is 2. The number of nitrogens with one attached hydrogen (secondary N) is 1. The quantitative estimate of drug-likeness (QED) is 0.860. The second kappa shape index (κ2) is 7.76. The lowest BCUT2D eigenvalue weighted by Crippen LogP contribution is -2.39. The Morgan fingerprint density at radius 2 is 1.78 bits per heavy atom. The topological polar surface area (TPSA) is 79.2 Å². The lowest BCUT2D eigenvalue weighted by Gasteiger charge is -2.13. The first-order valence-corrected chi connectivity index (χ1v) is 7.11. The normalized spacial score (nSPS) is 11.1. The molecule has 5 heteroatoms. The van der Waals surface area contributed by atoms with Crippen molar-refractivity contribution in [1.29, 1.82) is 5.26 Å². The maximum absolute atomic E-state index is 12.0. The van der Waals surface area contributed by atoms with Crippen molar-refractivity contribution in [3.8, 4) is 6.07 Å². The summed E-state index contributed by atoms with van der Waals surface area (Å²) in [5, 5.41) is 11.3. The Morgan fingerprint density at radius 3 is 2.39 bits per heavy atom. The number of nitriles is 1. The summed E-state index contributed by atoms with van der Waals surface area (Å²) in [4.78, 5) is 23.9. The Morgan fingerprint density at radius 1 is 1.13 bits per heavy atom. The van der Waals surface area contributed by atoms with E-state index in [0.29, 0.717) is 11.1 Å². The Balaban J connectivity index is 1.85. The molecule has 2 aromatic carbocycles. The van der Waals surface area contributed by atoms with Gasteiger partial charge in [0.2, 0.25) is 0 Å². The fourth-order valence-electron chi connectivity index (χ4n) is 1.88. The molecular weight excluding hydrogens is 292 g/mol. The Kier molecular flexibility index (Phi) is 5.48. The number of ether oxygens (including phenoxy) is 1. The van der Waals surface area contributed by atoms with Crippen LogP contribution in [0.25, 0.3) is 0 Å². The highest BCUT2D eigenvalue weighted by Crippen LogP contribution is 2.06. The van der Waals surface area contributed by atoms with Gasteiger partial charge in [-0.3, -0.25) is 4.79 Å². The van der Waals surface area contributed by atoms with Crippen LogP contribution in [-0.2, 0) is 16.1 Å². The predicted octanol–water partition coefficient (Wildman–Crippen LogP) is 2.42. The summed E-state index contributed by atoms with van der Waals surface area (Å²) in [6.07, 6.45) is 0. The van der Waals surface area contributed by atoms with Gasteiger partial charge in [-0.15, -0.1) is 0 Å². The molecule has 1 N–H and O–H groups in total. The molecule has 0 unspecified atom stereocenters. The fraction of sp³-hybridized carbons (Fsp3) is 0.167. The predicted molar refractivity (Wildman–Crippen MR) is 84.3 cm³/mol. The highest BCUT2D eigenvalue weighted by atomic mass is 16.5. The first-order chi connectivity index (χ1) is 11.1. The maximum Gasteiger partial charge on any atom is 0.328 e. The molecule has 0 aliphatic heterocycles. The van der Waals surface area contributed by atoms with Crippen molar-refractivity contribution in [2.45, 2.75) is 19.6 Å². The molecule has 23 heavy (non-hydrogen) atoms. The second-order valence-electron chi connectivity index (χ2n) is 4.98. The van der Waals surface area contributed by atoms with Crippen LogP contribution in [0.4, 0.5) is 0 Å². The van der Waals surface area contributed by atoms with Gasteiger partial charge < -0.3 is 10.1 Å². The standard InChI is InChI=1S/C18H16N2O3/c1-13(20-17(21)16-5-3-2-4-6-16)18(22)23-12-15-9-7-14(11-19)8-10-15/h2-10,13H,12H2,1H3,(H,20,21)/t13-/m0/s1. The number of hydrogen-bond donors (Lipinski definition) is 1. The molecule has 0 heterocycles. The molecule has 2 aromatic rings. The van der Waals surface area contributed by atoms with E-state index in [1.54, 1.807) is 55.5 Å². The molecule has 1 amide bonds. The number of carbonyl (C=O) groups is 2. The van der Waals surface area contributed by atoms with E-state index in [-0.39, 0.29) is 12.5 Å². The van der Waals surface area contributed by atoms with Crippen LogP contribution in [0, 0.1) is 11.3 Å². The zero-order chi connectivity index (χ0) is 16.7. The summed E-state index contributed by atoms with van der Waals surface area (Å²) in [6.45, 7) is 1.66. The monoisotopic (exact) mass is 308 g/mol. The van der Waals surface area contributed by atoms with Crippen molar-refractivity contribution in [1.82, 2.24) is 5.32 Å². The van der Waals surface area contributed by atoms with E-state index in [4.69, 9.17) is 10.00 Å². The third-order valence-corrected chi connectivity index (χ3v) is 3.20. The molecule has 0 aliphatic rings. The Bertz CT molecular complexity index is 718. The minimum Gasteiger partial charge on any atom is -0.459 e. The zero-order valence-corrected chi connectivity index (χ0v) is 12.7. The van der Waals surface area contributed by atoms with Crippen molar-refractivity contribution < 1.29 is 14.3 Å². The van der Waals surface area contributed by atoms with E-state index < -0.39 is 12.0 Å². The van der Waals surface area contributed by atoms with E-state index in [9.17, 15) is 9.59 Å². The lowest BCUT2D eigenvalue weighted by atomic mass is 10.1. The highest BCUT2D eigenvalue weighted by molar-refractivity contribution is 5.96. The van der Waals surface area contributed by atoms with Crippen molar-refractivity contribution >= 4 is 11.9 Å². The van der Waals surface area contributed by atoms with Crippen molar-refractivity contribution in [2.24, 2.45) is 0 Å². The smallest absolute Gasteiger partial charge is 0.328 e. The van der Waals surface area contributed by atoms with Gasteiger partial charge in [-0.05, 0) is 36.8 Å². The summed E-state index contributed by atoms with van der Waals surface area (Å²) in [5.41, 5.74) is 1.81. The van der Waals surface area contributed by atoms with Gasteiger partial charge in [0.1, 0.15) is 12.6 Å². The molecule has 0 saturated heterocycles. The van der Waals surface area contributed by atoms with Crippen molar-refractivity contribution in [3.05, 3.63) is 71.3 Å². The van der Waals surface area contributed by atoms with Gasteiger partial charge in [-0.1, -0.05) is 30.3 Å². The molecule has 0 aromatic heterocycles. The zero-order valence-electron chi connectivity index (χ0n) is 12.7. The van der Waals surface area contributed by atoms with Gasteiger partial charge >= 0.3 is 5.97 Å². The van der Waals surface area contributed by atoms with Gasteiger partial charge in [0.05, 0.1) is 11.6 Å². The van der Waals surface area contributed by atoms with Crippen LogP contribution < -0.4 is 5.32 Å². The number of carbonyl (C=O) groups excluding carboxylic acids is 2. The van der Waals surface area contributed by atoms with Crippen LogP contribution >= 0.6 is 0 Å². The molecule has 0 bridgehead atoms. The minimum absolute atomic E-state index is 0.0933. The maximum atomic E-state index is 12.0. The van der Waals surface area contributed by atoms with Crippen LogP contribution in [0.1, 0.15) is 28.4 Å². The van der Waals surface area contributed by atoms with Crippen molar-refractivity contribution in [3.63, 3.8) is 0 Å². The largest absolute Gasteiger partial charge is 0.459 e. The van der Waals surface area contributed by atoms with E-state index in [2.05, 4.69) is 5.32 Å². The number of nitrogens with zero attached hydrogens (tertiary/aromatic N) is 1. The Hall–Kier alpha value is -3.13. The van der Waals surface area contributed by atoms with E-state index in [1.807, 2.05) is 12.1 Å². The molecular formula is C18H16N2O3. The molecule has 0 spiro atoms. The molecule has 116 valence electrons. The molecule has 5 nitrogen and oxygen atoms in total. The third kappa shape index (κ3) is 4.68. The minimum atomic E-state index is -0.749. The van der Waals surface area contributed by atoms with Crippen LogP contribution in [-0.4, -0.2) is 17.9 Å². The van der Waals surface area contributed by atoms with Crippen LogP contribution in [0.15, 0.2) is 54.6 Å². The fourth-order valence-corrected chi connectivity index (χ4v) is 1.88. The number of hydrogen-bond acceptors (Lipinski definition) is 4. The highest BCUT2D eigenvalue weighted by Gasteiger charge is 2.17. The van der Waals surface area contributed by atoms with Gasteiger partial charge in [0.15, 0.2) is 0 Å². The van der Waals surface area contributed by atoms with Gasteiger partial charge in [0.25, 0.3) is 5.91 Å². The second-order valence-corrected chi connectivity index (χ2v) is 4.98. The summed E-state index contributed by atoms with van der Waals surface area (Å²) < 4.78 is 5.16. The summed E-state index contributed by atoms with van der Waals surface area (Å²) in [6, 6.07) is 16.7. The molecule has 0 fully saturated rings. The van der Waals surface area contributed by atoms with Gasteiger partial charge in [0, 0.05) is 5.56 Å². The van der Waals surface area contributed by atoms with E-state index >= 15 is 0 Å². The van der Waals surface area contributed by atoms with Crippen LogP contribution in [0.3, 0.4) is 0 Å². The average Bonchev–Trinajstić information content (AvgIpc) is 2.60. The summed E-state index contributed by atoms with van der Waals surface area (Å²) >= 11 is 0. The summed E-state index contributed by atoms with van der Waals surface area (Å²) in [7, 11) is 0. The molecule has 0 aliphatic carbocycles. The SMILES string of the molecule is C[C@H](NC(=O)c1ccccc1)C(=O)OCc1ccc(C#N)cc1. The molecule has 0 saturated carbocycles. The average molecular weight is 308 g/mol. The van der Waals surface area contributed by atoms with Crippen LogP contribution in [0.5, 0.6) is 0 Å². The van der Waals surface area contributed by atoms with Crippen LogP contribution in [0.2, 0.25) is 0 Å². The van der Waals surface area contributed by atoms with E-state index in [1.165, 1.54) is 0 Å². The first kappa shape index (κ1) is 16.2. The van der Waals surface area contributed by atoms with Gasteiger partial charge in [-0.25, -0.2) is 4.79 Å². The Labute approximate surface area is 134 Å². The number of rotatable bonds is 5. The van der Waals surface area contributed by atoms with E-state index in [0.717, 1.165) is 5.56 Å². The summed E-state index contributed by atoms with van der Waals surface area (Å²) in [5.74, 6) is -0.841. The molecule has 0 radical (unpaired) electrons. The molecule has 1 atom stereocenters. The lowest BCUT2D eigenvalue weighted by molar-refractivity contribution is -0.146.